The summed E-state index contributed by atoms with van der Waals surface area (Å²) in [5, 5.41) is 9.87. The largest absolute Gasteiger partial charge is 0.463 e. The summed E-state index contributed by atoms with van der Waals surface area (Å²) >= 11 is 1.22. The molecule has 2 heterocycles. The van der Waals surface area contributed by atoms with E-state index < -0.39 is 12.0 Å². The Morgan fingerprint density at radius 1 is 1.46 bits per heavy atom. The van der Waals surface area contributed by atoms with Crippen LogP contribution in [0.5, 0.6) is 0 Å². The van der Waals surface area contributed by atoms with Crippen LogP contribution in [0, 0.1) is 11.3 Å². The molecule has 0 aliphatic carbocycles. The zero-order chi connectivity index (χ0) is 17.3. The lowest BCUT2D eigenvalue weighted by Crippen LogP contribution is -2.38. The Kier molecular flexibility index (Phi) is 4.32. The number of ether oxygens (including phenoxy) is 1. The van der Waals surface area contributed by atoms with E-state index in [1.54, 1.807) is 18.7 Å². The molecule has 0 saturated carbocycles. The predicted molar refractivity (Wildman–Crippen MR) is 92.2 cm³/mol. The average Bonchev–Trinajstić information content (AvgIpc) is 2.90. The number of nitrogens with two attached hydrogens (primary N) is 1. The number of aliphatic imine (C=N–C) groups is 1. The van der Waals surface area contributed by atoms with Gasteiger partial charge in [0.2, 0.25) is 0 Å². The van der Waals surface area contributed by atoms with E-state index in [4.69, 9.17) is 10.5 Å². The van der Waals surface area contributed by atoms with Crippen LogP contribution in [-0.4, -0.2) is 22.6 Å². The molecule has 0 radical (unpaired) electrons. The minimum atomic E-state index is -0.462. The molecule has 1 aromatic carbocycles. The van der Waals surface area contributed by atoms with Crippen molar-refractivity contribution in [2.45, 2.75) is 19.9 Å². The highest BCUT2D eigenvalue weighted by Gasteiger charge is 2.42. The van der Waals surface area contributed by atoms with Crippen LogP contribution in [0.15, 0.2) is 57.3 Å². The smallest absolute Gasteiger partial charge is 0.338 e. The van der Waals surface area contributed by atoms with E-state index in [9.17, 15) is 10.1 Å². The fourth-order valence-corrected chi connectivity index (χ4v) is 3.68. The van der Waals surface area contributed by atoms with Crippen LogP contribution >= 0.6 is 11.8 Å². The molecule has 0 bridgehead atoms. The number of thioether (sulfide) groups is 1. The summed E-state index contributed by atoms with van der Waals surface area (Å²) in [5.41, 5.74) is 8.06. The van der Waals surface area contributed by atoms with E-state index >= 15 is 0 Å². The Hall–Kier alpha value is -2.72. The third-order valence-corrected chi connectivity index (χ3v) is 4.76. The summed E-state index contributed by atoms with van der Waals surface area (Å²) < 4.78 is 5.22. The summed E-state index contributed by atoms with van der Waals surface area (Å²) in [6.07, 6.45) is 0. The molecule has 122 valence electrons. The zero-order valence-corrected chi connectivity index (χ0v) is 14.1. The normalized spacial score (nSPS) is 19.8. The lowest BCUT2D eigenvalue weighted by Gasteiger charge is -2.34. The summed E-state index contributed by atoms with van der Waals surface area (Å²) in [7, 11) is 0. The van der Waals surface area contributed by atoms with E-state index in [-0.39, 0.29) is 6.61 Å². The summed E-state index contributed by atoms with van der Waals surface area (Å²) in [4.78, 5) is 19.1. The summed E-state index contributed by atoms with van der Waals surface area (Å²) in [6, 6.07) is 11.2. The molecule has 0 spiro atoms. The molecule has 24 heavy (non-hydrogen) atoms. The van der Waals surface area contributed by atoms with Gasteiger partial charge in [0, 0.05) is 0 Å². The molecule has 6 nitrogen and oxygen atoms in total. The quantitative estimate of drug-likeness (QED) is 0.851. The van der Waals surface area contributed by atoms with Crippen molar-refractivity contribution < 1.29 is 9.53 Å². The molecular weight excluding hydrogens is 324 g/mol. The van der Waals surface area contributed by atoms with Crippen molar-refractivity contribution in [1.29, 1.82) is 5.26 Å². The van der Waals surface area contributed by atoms with Gasteiger partial charge in [-0.2, -0.15) is 5.26 Å². The van der Waals surface area contributed by atoms with Crippen LogP contribution < -0.4 is 5.73 Å². The third-order valence-electron chi connectivity index (χ3n) is 3.79. The lowest BCUT2D eigenvalue weighted by molar-refractivity contribution is -0.139. The van der Waals surface area contributed by atoms with Crippen LogP contribution in [0.2, 0.25) is 0 Å². The Bertz CT molecular complexity index is 821. The van der Waals surface area contributed by atoms with Crippen molar-refractivity contribution in [3.8, 4) is 6.07 Å². The molecular formula is C17H16N4O2S. The Morgan fingerprint density at radius 3 is 2.79 bits per heavy atom. The number of carbonyl (C=O) groups is 1. The minimum absolute atomic E-state index is 0.275. The number of hydrogen-bond donors (Lipinski definition) is 1. The topological polar surface area (TPSA) is 91.7 Å². The molecule has 1 atom stereocenters. The first kappa shape index (κ1) is 16.1. The van der Waals surface area contributed by atoms with Crippen molar-refractivity contribution in [2.24, 2.45) is 10.7 Å². The first-order valence-electron chi connectivity index (χ1n) is 7.47. The van der Waals surface area contributed by atoms with Crippen molar-refractivity contribution in [2.75, 3.05) is 6.61 Å². The second kappa shape index (κ2) is 6.42. The van der Waals surface area contributed by atoms with Crippen molar-refractivity contribution in [1.82, 2.24) is 4.90 Å². The van der Waals surface area contributed by atoms with Gasteiger partial charge in [-0.15, -0.1) is 0 Å². The SMILES string of the molecule is CCOC(=O)C1=C(C)N=C2SC(C#N)=C(N)N2[C@H]1c1ccccc1. The number of esters is 1. The minimum Gasteiger partial charge on any atom is -0.463 e. The first-order chi connectivity index (χ1) is 11.6. The van der Waals surface area contributed by atoms with Gasteiger partial charge in [-0.1, -0.05) is 30.3 Å². The number of benzene rings is 1. The highest BCUT2D eigenvalue weighted by atomic mass is 32.2. The number of fused-ring (bicyclic) bond motifs is 1. The van der Waals surface area contributed by atoms with Gasteiger partial charge in [0.1, 0.15) is 16.8 Å². The fourth-order valence-electron chi connectivity index (χ4n) is 2.76. The highest BCUT2D eigenvalue weighted by molar-refractivity contribution is 8.17. The standard InChI is InChI=1S/C17H16N4O2S/c1-3-23-16(22)13-10(2)20-17-21(15(19)12(9-18)24-17)14(13)11-7-5-4-6-8-11/h4-8,14H,3,19H2,1-2H3/t14-/m0/s1. The number of nitrogens with zero attached hydrogens (tertiary/aromatic N) is 3. The molecule has 7 heteroatoms. The number of amidine groups is 1. The lowest BCUT2D eigenvalue weighted by atomic mass is 9.94. The maximum atomic E-state index is 12.5. The van der Waals surface area contributed by atoms with Gasteiger partial charge >= 0.3 is 5.97 Å². The third kappa shape index (κ3) is 2.55. The summed E-state index contributed by atoms with van der Waals surface area (Å²) in [6.45, 7) is 3.81. The van der Waals surface area contributed by atoms with Crippen LogP contribution in [0.25, 0.3) is 0 Å². The number of nitriles is 1. The van der Waals surface area contributed by atoms with Crippen LogP contribution in [-0.2, 0) is 9.53 Å². The van der Waals surface area contributed by atoms with Crippen LogP contribution in [0.1, 0.15) is 25.5 Å². The molecule has 1 aromatic rings. The molecule has 3 rings (SSSR count). The van der Waals surface area contributed by atoms with Gasteiger partial charge in [-0.05, 0) is 31.2 Å². The fraction of sp³-hybridized carbons (Fsp3) is 0.235. The van der Waals surface area contributed by atoms with E-state index in [1.807, 2.05) is 30.3 Å². The van der Waals surface area contributed by atoms with E-state index in [0.29, 0.717) is 27.2 Å². The van der Waals surface area contributed by atoms with Crippen molar-refractivity contribution >= 4 is 22.9 Å². The zero-order valence-electron chi connectivity index (χ0n) is 13.3. The molecule has 0 aromatic heterocycles. The number of rotatable bonds is 3. The number of allylic oxidation sites excluding steroid dienone is 2. The molecule has 2 N–H and O–H groups in total. The van der Waals surface area contributed by atoms with Gasteiger partial charge in [-0.3, -0.25) is 4.90 Å². The molecule has 2 aliphatic rings. The van der Waals surface area contributed by atoms with Gasteiger partial charge in [0.15, 0.2) is 5.17 Å². The molecule has 0 amide bonds. The van der Waals surface area contributed by atoms with Crippen LogP contribution in [0.4, 0.5) is 0 Å². The Labute approximate surface area is 144 Å². The van der Waals surface area contributed by atoms with Crippen molar-refractivity contribution in [3.05, 3.63) is 57.9 Å². The Morgan fingerprint density at radius 2 is 2.17 bits per heavy atom. The van der Waals surface area contributed by atoms with E-state index in [1.165, 1.54) is 11.8 Å². The molecule has 0 fully saturated rings. The maximum Gasteiger partial charge on any atom is 0.338 e. The number of carbonyl (C=O) groups excluding carboxylic acids is 1. The first-order valence-corrected chi connectivity index (χ1v) is 8.28. The van der Waals surface area contributed by atoms with Gasteiger partial charge in [0.25, 0.3) is 0 Å². The second-order valence-corrected chi connectivity index (χ2v) is 6.20. The molecule has 0 unspecified atom stereocenters. The van der Waals surface area contributed by atoms with Gasteiger partial charge in [0.05, 0.1) is 23.9 Å². The maximum absolute atomic E-state index is 12.5. The van der Waals surface area contributed by atoms with Crippen molar-refractivity contribution in [3.63, 3.8) is 0 Å². The highest BCUT2D eigenvalue weighted by Crippen LogP contribution is 2.45. The summed E-state index contributed by atoms with van der Waals surface area (Å²) in [5.74, 6) is -0.112. The van der Waals surface area contributed by atoms with E-state index in [0.717, 1.165) is 5.56 Å². The van der Waals surface area contributed by atoms with E-state index in [2.05, 4.69) is 11.1 Å². The predicted octanol–water partition coefficient (Wildman–Crippen LogP) is 2.63. The molecule has 2 aliphatic heterocycles. The Balaban J connectivity index is 2.17. The monoisotopic (exact) mass is 340 g/mol. The van der Waals surface area contributed by atoms with Crippen LogP contribution in [0.3, 0.4) is 0 Å². The van der Waals surface area contributed by atoms with Gasteiger partial charge in [-0.25, -0.2) is 9.79 Å². The number of hydrogen-bond acceptors (Lipinski definition) is 7. The molecule has 0 saturated heterocycles. The van der Waals surface area contributed by atoms with Gasteiger partial charge < -0.3 is 10.5 Å². The average molecular weight is 340 g/mol. The second-order valence-electron chi connectivity index (χ2n) is 5.23.